The van der Waals surface area contributed by atoms with E-state index >= 15 is 0 Å². The van der Waals surface area contributed by atoms with Crippen LogP contribution in [0.4, 0.5) is 11.5 Å². The van der Waals surface area contributed by atoms with Gasteiger partial charge in [-0.2, -0.15) is 0 Å². The summed E-state index contributed by atoms with van der Waals surface area (Å²) in [5.74, 6) is 1.62. The minimum atomic E-state index is 0. The standard InChI is InChI=1S/C13H22N4.2ClH/c1-11(2)10-16-13-9-12(3-4-15-13)17-7-5-14-6-8-17;;/h3-4,9,11,14H,5-8,10H2,1-2H3,(H,15,16);2*1H. The van der Waals surface area contributed by atoms with Crippen molar-refractivity contribution in [3.8, 4) is 0 Å². The molecule has 1 aliphatic rings. The lowest BCUT2D eigenvalue weighted by Gasteiger charge is -2.29. The van der Waals surface area contributed by atoms with Gasteiger partial charge >= 0.3 is 0 Å². The minimum Gasteiger partial charge on any atom is -0.370 e. The summed E-state index contributed by atoms with van der Waals surface area (Å²) in [7, 11) is 0. The third-order valence-electron chi connectivity index (χ3n) is 2.92. The Morgan fingerprint density at radius 2 is 2.00 bits per heavy atom. The fourth-order valence-corrected chi connectivity index (χ4v) is 1.94. The molecule has 0 bridgehead atoms. The van der Waals surface area contributed by atoms with E-state index in [1.807, 2.05) is 6.20 Å². The average molecular weight is 307 g/mol. The van der Waals surface area contributed by atoms with Crippen molar-refractivity contribution >= 4 is 36.3 Å². The normalized spacial score (nSPS) is 14.6. The SMILES string of the molecule is CC(C)CNc1cc(N2CCNCC2)ccn1.Cl.Cl. The van der Waals surface area contributed by atoms with Gasteiger partial charge < -0.3 is 15.5 Å². The van der Waals surface area contributed by atoms with Crippen molar-refractivity contribution in [3.05, 3.63) is 18.3 Å². The van der Waals surface area contributed by atoms with E-state index in [9.17, 15) is 0 Å². The lowest BCUT2D eigenvalue weighted by atomic mass is 10.2. The quantitative estimate of drug-likeness (QED) is 0.896. The molecule has 1 fully saturated rings. The molecule has 4 nitrogen and oxygen atoms in total. The fourth-order valence-electron chi connectivity index (χ4n) is 1.94. The minimum absolute atomic E-state index is 0. The highest BCUT2D eigenvalue weighted by atomic mass is 35.5. The Morgan fingerprint density at radius 1 is 1.32 bits per heavy atom. The number of hydrogen-bond donors (Lipinski definition) is 2. The number of aromatic nitrogens is 1. The van der Waals surface area contributed by atoms with Crippen LogP contribution in [0.15, 0.2) is 18.3 Å². The molecule has 2 N–H and O–H groups in total. The number of hydrogen-bond acceptors (Lipinski definition) is 4. The van der Waals surface area contributed by atoms with Crippen molar-refractivity contribution in [2.75, 3.05) is 42.9 Å². The molecule has 6 heteroatoms. The van der Waals surface area contributed by atoms with Crippen LogP contribution < -0.4 is 15.5 Å². The molecular formula is C13H24Cl2N4. The summed E-state index contributed by atoms with van der Waals surface area (Å²) >= 11 is 0. The van der Waals surface area contributed by atoms with Crippen molar-refractivity contribution in [2.45, 2.75) is 13.8 Å². The van der Waals surface area contributed by atoms with Gasteiger partial charge in [0, 0.05) is 50.7 Å². The molecular weight excluding hydrogens is 283 g/mol. The van der Waals surface area contributed by atoms with Gasteiger partial charge in [-0.05, 0) is 12.0 Å². The van der Waals surface area contributed by atoms with Gasteiger partial charge in [0.05, 0.1) is 0 Å². The first kappa shape index (κ1) is 18.3. The molecule has 0 radical (unpaired) electrons. The first-order valence-electron chi connectivity index (χ1n) is 6.41. The third-order valence-corrected chi connectivity index (χ3v) is 2.92. The zero-order valence-electron chi connectivity index (χ0n) is 11.6. The van der Waals surface area contributed by atoms with Crippen molar-refractivity contribution in [2.24, 2.45) is 5.92 Å². The van der Waals surface area contributed by atoms with E-state index in [0.717, 1.165) is 38.5 Å². The van der Waals surface area contributed by atoms with Gasteiger partial charge in [-0.25, -0.2) is 4.98 Å². The third kappa shape index (κ3) is 5.85. The maximum atomic E-state index is 4.35. The zero-order chi connectivity index (χ0) is 12.1. The van der Waals surface area contributed by atoms with Crippen LogP contribution >= 0.6 is 24.8 Å². The summed E-state index contributed by atoms with van der Waals surface area (Å²) in [4.78, 5) is 6.75. The predicted octanol–water partition coefficient (Wildman–Crippen LogP) is 2.40. The molecule has 2 heterocycles. The van der Waals surface area contributed by atoms with Crippen molar-refractivity contribution in [1.29, 1.82) is 0 Å². The maximum Gasteiger partial charge on any atom is 0.127 e. The molecule has 1 aromatic rings. The maximum absolute atomic E-state index is 4.35. The van der Waals surface area contributed by atoms with Crippen LogP contribution in [-0.2, 0) is 0 Å². The van der Waals surface area contributed by atoms with Crippen LogP contribution in [0.3, 0.4) is 0 Å². The second kappa shape index (κ2) is 9.23. The first-order valence-corrected chi connectivity index (χ1v) is 6.41. The van der Waals surface area contributed by atoms with Gasteiger partial charge in [0.2, 0.25) is 0 Å². The first-order chi connectivity index (χ1) is 8.25. The monoisotopic (exact) mass is 306 g/mol. The highest BCUT2D eigenvalue weighted by Gasteiger charge is 2.10. The molecule has 0 saturated carbocycles. The lowest BCUT2D eigenvalue weighted by molar-refractivity contribution is 0.589. The summed E-state index contributed by atoms with van der Waals surface area (Å²) in [6, 6.07) is 4.24. The molecule has 2 rings (SSSR count). The molecule has 0 amide bonds. The molecule has 0 atom stereocenters. The molecule has 19 heavy (non-hydrogen) atoms. The van der Waals surface area contributed by atoms with Gasteiger partial charge in [0.15, 0.2) is 0 Å². The van der Waals surface area contributed by atoms with Gasteiger partial charge in [-0.1, -0.05) is 13.8 Å². The van der Waals surface area contributed by atoms with Crippen LogP contribution in [-0.4, -0.2) is 37.7 Å². The molecule has 110 valence electrons. The Hall–Kier alpha value is -0.710. The van der Waals surface area contributed by atoms with E-state index in [2.05, 4.69) is 46.5 Å². The summed E-state index contributed by atoms with van der Waals surface area (Å²) in [5, 5.41) is 6.74. The molecule has 0 aromatic carbocycles. The smallest absolute Gasteiger partial charge is 0.127 e. The van der Waals surface area contributed by atoms with Gasteiger partial charge in [-0.3, -0.25) is 0 Å². The highest BCUT2D eigenvalue weighted by Crippen LogP contribution is 2.17. The van der Waals surface area contributed by atoms with E-state index < -0.39 is 0 Å². The van der Waals surface area contributed by atoms with E-state index in [1.54, 1.807) is 0 Å². The Kier molecular flexibility index (Phi) is 8.89. The highest BCUT2D eigenvalue weighted by molar-refractivity contribution is 5.85. The summed E-state index contributed by atoms with van der Waals surface area (Å²) in [6.45, 7) is 9.66. The van der Waals surface area contributed by atoms with Crippen LogP contribution in [0.1, 0.15) is 13.8 Å². The van der Waals surface area contributed by atoms with E-state index in [4.69, 9.17) is 0 Å². The molecule has 0 spiro atoms. The second-order valence-electron chi connectivity index (χ2n) is 4.91. The largest absolute Gasteiger partial charge is 0.370 e. The van der Waals surface area contributed by atoms with E-state index in [-0.39, 0.29) is 24.8 Å². The van der Waals surface area contributed by atoms with Crippen LogP contribution in [0.25, 0.3) is 0 Å². The van der Waals surface area contributed by atoms with E-state index in [1.165, 1.54) is 5.69 Å². The fraction of sp³-hybridized carbons (Fsp3) is 0.615. The average Bonchev–Trinajstić information content (AvgIpc) is 2.38. The summed E-state index contributed by atoms with van der Waals surface area (Å²) in [5.41, 5.74) is 1.27. The van der Waals surface area contributed by atoms with Gasteiger partial charge in [-0.15, -0.1) is 24.8 Å². The van der Waals surface area contributed by atoms with Crippen LogP contribution in [0, 0.1) is 5.92 Å². The number of halogens is 2. The number of pyridine rings is 1. The molecule has 1 saturated heterocycles. The van der Waals surface area contributed by atoms with Crippen molar-refractivity contribution < 1.29 is 0 Å². The number of piperazine rings is 1. The molecule has 0 aliphatic carbocycles. The second-order valence-corrected chi connectivity index (χ2v) is 4.91. The lowest BCUT2D eigenvalue weighted by Crippen LogP contribution is -2.43. The summed E-state index contributed by atoms with van der Waals surface area (Å²) in [6.07, 6.45) is 1.89. The molecule has 0 unspecified atom stereocenters. The summed E-state index contributed by atoms with van der Waals surface area (Å²) < 4.78 is 0. The van der Waals surface area contributed by atoms with E-state index in [0.29, 0.717) is 5.92 Å². The topological polar surface area (TPSA) is 40.2 Å². The Morgan fingerprint density at radius 3 is 2.63 bits per heavy atom. The van der Waals surface area contributed by atoms with Crippen LogP contribution in [0.2, 0.25) is 0 Å². The number of rotatable bonds is 4. The molecule has 1 aliphatic heterocycles. The van der Waals surface area contributed by atoms with Crippen molar-refractivity contribution in [1.82, 2.24) is 10.3 Å². The van der Waals surface area contributed by atoms with Gasteiger partial charge in [0.25, 0.3) is 0 Å². The Labute approximate surface area is 128 Å². The predicted molar refractivity (Wildman–Crippen MR) is 87.1 cm³/mol. The van der Waals surface area contributed by atoms with Crippen molar-refractivity contribution in [3.63, 3.8) is 0 Å². The number of nitrogens with zero attached hydrogens (tertiary/aromatic N) is 2. The van der Waals surface area contributed by atoms with Crippen LogP contribution in [0.5, 0.6) is 0 Å². The zero-order valence-corrected chi connectivity index (χ0v) is 13.2. The Balaban J connectivity index is 0.00000162. The van der Waals surface area contributed by atoms with Gasteiger partial charge in [0.1, 0.15) is 5.82 Å². The molecule has 1 aromatic heterocycles. The Bertz CT molecular complexity index is 354. The number of anilines is 2. The number of nitrogens with one attached hydrogen (secondary N) is 2.